The predicted molar refractivity (Wildman–Crippen MR) is 65.4 cm³/mol. The monoisotopic (exact) mass is 211 g/mol. The lowest BCUT2D eigenvalue weighted by molar-refractivity contribution is -0.121. The summed E-state index contributed by atoms with van der Waals surface area (Å²) in [6.45, 7) is 10.4. The Kier molecular flexibility index (Phi) is 6.30. The van der Waals surface area contributed by atoms with Gasteiger partial charge in [-0.25, -0.2) is 0 Å². The number of rotatable bonds is 7. The molecule has 0 heterocycles. The highest BCUT2D eigenvalue weighted by molar-refractivity contribution is 5.76. The summed E-state index contributed by atoms with van der Waals surface area (Å²) >= 11 is 0. The van der Waals surface area contributed by atoms with Crippen molar-refractivity contribution in [1.82, 2.24) is 0 Å². The van der Waals surface area contributed by atoms with E-state index in [1.807, 2.05) is 0 Å². The molecule has 88 valence electrons. The molecule has 0 aromatic rings. The van der Waals surface area contributed by atoms with Gasteiger partial charge in [-0.05, 0) is 24.7 Å². The molecule has 0 aliphatic carbocycles. The standard InChI is InChI=1S/C13H25NO/c1-5-8-11(12(14)15)9-6-7-10-13(2,3)4/h5,11H,1,6-10H2,2-4H3,(H2,14,15). The Balaban J connectivity index is 3.72. The van der Waals surface area contributed by atoms with Crippen molar-refractivity contribution in [1.29, 1.82) is 0 Å². The molecule has 2 nitrogen and oxygen atoms in total. The van der Waals surface area contributed by atoms with Crippen molar-refractivity contribution in [3.63, 3.8) is 0 Å². The molecule has 1 unspecified atom stereocenters. The Bertz CT molecular complexity index is 203. The molecule has 0 aliphatic heterocycles. The van der Waals surface area contributed by atoms with Gasteiger partial charge in [-0.15, -0.1) is 6.58 Å². The first-order valence-electron chi connectivity index (χ1n) is 5.77. The zero-order chi connectivity index (χ0) is 11.9. The molecule has 2 N–H and O–H groups in total. The zero-order valence-corrected chi connectivity index (χ0v) is 10.4. The Morgan fingerprint density at radius 3 is 2.40 bits per heavy atom. The maximum Gasteiger partial charge on any atom is 0.220 e. The van der Waals surface area contributed by atoms with Crippen LogP contribution in [-0.2, 0) is 4.79 Å². The van der Waals surface area contributed by atoms with E-state index in [4.69, 9.17) is 5.73 Å². The summed E-state index contributed by atoms with van der Waals surface area (Å²) in [4.78, 5) is 11.1. The summed E-state index contributed by atoms with van der Waals surface area (Å²) in [5.41, 5.74) is 5.69. The minimum Gasteiger partial charge on any atom is -0.369 e. The van der Waals surface area contributed by atoms with E-state index in [1.165, 1.54) is 12.8 Å². The average molecular weight is 211 g/mol. The smallest absolute Gasteiger partial charge is 0.220 e. The molecule has 0 aliphatic rings. The summed E-state index contributed by atoms with van der Waals surface area (Å²) in [5, 5.41) is 0. The fraction of sp³-hybridized carbons (Fsp3) is 0.769. The van der Waals surface area contributed by atoms with Gasteiger partial charge in [-0.3, -0.25) is 4.79 Å². The summed E-state index contributed by atoms with van der Waals surface area (Å²) in [5.74, 6) is -0.201. The average Bonchev–Trinajstić information content (AvgIpc) is 2.08. The van der Waals surface area contributed by atoms with Crippen LogP contribution in [0.5, 0.6) is 0 Å². The van der Waals surface area contributed by atoms with Crippen molar-refractivity contribution in [3.8, 4) is 0 Å². The van der Waals surface area contributed by atoms with Crippen LogP contribution < -0.4 is 5.73 Å². The van der Waals surface area contributed by atoms with Gasteiger partial charge in [-0.2, -0.15) is 0 Å². The van der Waals surface area contributed by atoms with Gasteiger partial charge in [0.05, 0.1) is 0 Å². The molecule has 0 rings (SSSR count). The van der Waals surface area contributed by atoms with Crippen LogP contribution in [0, 0.1) is 11.3 Å². The minimum absolute atomic E-state index is 0.0116. The lowest BCUT2D eigenvalue weighted by Crippen LogP contribution is -2.22. The Morgan fingerprint density at radius 1 is 1.40 bits per heavy atom. The lowest BCUT2D eigenvalue weighted by atomic mass is 9.88. The van der Waals surface area contributed by atoms with Crippen molar-refractivity contribution in [2.45, 2.75) is 52.9 Å². The van der Waals surface area contributed by atoms with Crippen LogP contribution in [-0.4, -0.2) is 5.91 Å². The van der Waals surface area contributed by atoms with Crippen molar-refractivity contribution in [2.24, 2.45) is 17.1 Å². The third-order valence-corrected chi connectivity index (χ3v) is 2.58. The zero-order valence-electron chi connectivity index (χ0n) is 10.4. The second kappa shape index (κ2) is 6.65. The highest BCUT2D eigenvalue weighted by Gasteiger charge is 2.14. The van der Waals surface area contributed by atoms with Gasteiger partial charge in [0.2, 0.25) is 5.91 Å². The van der Waals surface area contributed by atoms with Crippen LogP contribution in [0.4, 0.5) is 0 Å². The summed E-state index contributed by atoms with van der Waals surface area (Å²) in [7, 11) is 0. The minimum atomic E-state index is -0.189. The molecule has 2 heteroatoms. The quantitative estimate of drug-likeness (QED) is 0.509. The van der Waals surface area contributed by atoms with Gasteiger partial charge in [0.15, 0.2) is 0 Å². The van der Waals surface area contributed by atoms with Gasteiger partial charge in [0, 0.05) is 5.92 Å². The molecule has 0 radical (unpaired) electrons. The molecule has 0 saturated heterocycles. The molecular formula is C13H25NO. The first-order valence-corrected chi connectivity index (χ1v) is 5.77. The van der Waals surface area contributed by atoms with Gasteiger partial charge in [0.25, 0.3) is 0 Å². The largest absolute Gasteiger partial charge is 0.369 e. The molecule has 0 bridgehead atoms. The Morgan fingerprint density at radius 2 is 2.00 bits per heavy atom. The summed E-state index contributed by atoms with van der Waals surface area (Å²) in [6, 6.07) is 0. The number of carbonyl (C=O) groups excluding carboxylic acids is 1. The SMILES string of the molecule is C=CCC(CCCCC(C)(C)C)C(N)=O. The number of amides is 1. The fourth-order valence-electron chi connectivity index (χ4n) is 1.62. The topological polar surface area (TPSA) is 43.1 Å². The van der Waals surface area contributed by atoms with Crippen LogP contribution in [0.1, 0.15) is 52.9 Å². The van der Waals surface area contributed by atoms with Crippen LogP contribution in [0.3, 0.4) is 0 Å². The lowest BCUT2D eigenvalue weighted by Gasteiger charge is -2.18. The molecule has 1 atom stereocenters. The Labute approximate surface area is 93.9 Å². The van der Waals surface area contributed by atoms with Gasteiger partial charge < -0.3 is 5.73 Å². The normalized spacial score (nSPS) is 13.5. The van der Waals surface area contributed by atoms with Crippen LogP contribution in [0.25, 0.3) is 0 Å². The maximum absolute atomic E-state index is 11.1. The van der Waals surface area contributed by atoms with E-state index in [9.17, 15) is 4.79 Å². The third-order valence-electron chi connectivity index (χ3n) is 2.58. The molecule has 0 spiro atoms. The molecule has 0 aromatic heterocycles. The molecule has 0 aromatic carbocycles. The van der Waals surface area contributed by atoms with Crippen molar-refractivity contribution < 1.29 is 4.79 Å². The number of hydrogen-bond acceptors (Lipinski definition) is 1. The van der Waals surface area contributed by atoms with E-state index in [-0.39, 0.29) is 11.8 Å². The van der Waals surface area contributed by atoms with Crippen LogP contribution >= 0.6 is 0 Å². The fourth-order valence-corrected chi connectivity index (χ4v) is 1.62. The Hall–Kier alpha value is -0.790. The molecule has 0 saturated carbocycles. The van der Waals surface area contributed by atoms with E-state index < -0.39 is 0 Å². The van der Waals surface area contributed by atoms with Crippen LogP contribution in [0.2, 0.25) is 0 Å². The third kappa shape index (κ3) is 8.22. The van der Waals surface area contributed by atoms with E-state index >= 15 is 0 Å². The number of hydrogen-bond donors (Lipinski definition) is 1. The first kappa shape index (κ1) is 14.2. The number of primary amides is 1. The van der Waals surface area contributed by atoms with E-state index in [2.05, 4.69) is 27.4 Å². The van der Waals surface area contributed by atoms with Crippen LogP contribution in [0.15, 0.2) is 12.7 Å². The highest BCUT2D eigenvalue weighted by Crippen LogP contribution is 2.23. The van der Waals surface area contributed by atoms with Crippen molar-refractivity contribution in [2.75, 3.05) is 0 Å². The number of nitrogens with two attached hydrogens (primary N) is 1. The maximum atomic E-state index is 11.1. The van der Waals surface area contributed by atoms with Gasteiger partial charge >= 0.3 is 0 Å². The first-order chi connectivity index (χ1) is 6.87. The van der Waals surface area contributed by atoms with E-state index in [1.54, 1.807) is 6.08 Å². The number of carbonyl (C=O) groups is 1. The molecular weight excluding hydrogens is 186 g/mol. The van der Waals surface area contributed by atoms with E-state index in [0.29, 0.717) is 11.8 Å². The van der Waals surface area contributed by atoms with Gasteiger partial charge in [0.1, 0.15) is 0 Å². The second-order valence-electron chi connectivity index (χ2n) is 5.43. The second-order valence-corrected chi connectivity index (χ2v) is 5.43. The van der Waals surface area contributed by atoms with Crippen molar-refractivity contribution >= 4 is 5.91 Å². The predicted octanol–water partition coefficient (Wildman–Crippen LogP) is 3.27. The molecule has 1 amide bonds. The summed E-state index contributed by atoms with van der Waals surface area (Å²) in [6.07, 6.45) is 6.84. The highest BCUT2D eigenvalue weighted by atomic mass is 16.1. The number of allylic oxidation sites excluding steroid dienone is 1. The summed E-state index contributed by atoms with van der Waals surface area (Å²) < 4.78 is 0. The molecule has 0 fully saturated rings. The molecule has 15 heavy (non-hydrogen) atoms. The number of unbranched alkanes of at least 4 members (excludes halogenated alkanes) is 1. The van der Waals surface area contributed by atoms with Gasteiger partial charge in [-0.1, -0.05) is 39.7 Å². The van der Waals surface area contributed by atoms with E-state index in [0.717, 1.165) is 12.8 Å². The van der Waals surface area contributed by atoms with Crippen molar-refractivity contribution in [3.05, 3.63) is 12.7 Å².